The number of benzene rings is 1. The standard InChI is InChI=1S/C12H11BrFN3O2/c1-3-19-12(18)10-15-11(17(2)16-10)8-6-7(14)4-5-9(8)13/h4-6H,3H2,1-2H3. The summed E-state index contributed by atoms with van der Waals surface area (Å²) >= 11 is 3.31. The number of rotatable bonds is 3. The van der Waals surface area contributed by atoms with Crippen molar-refractivity contribution in [2.24, 2.45) is 7.05 Å². The van der Waals surface area contributed by atoms with Crippen LogP contribution in [0.5, 0.6) is 0 Å². The average Bonchev–Trinajstić information content (AvgIpc) is 2.75. The number of ether oxygens (including phenoxy) is 1. The number of halogens is 2. The monoisotopic (exact) mass is 327 g/mol. The van der Waals surface area contributed by atoms with Crippen LogP contribution in [0.3, 0.4) is 0 Å². The molecular weight excluding hydrogens is 317 g/mol. The molecule has 0 saturated carbocycles. The lowest BCUT2D eigenvalue weighted by molar-refractivity contribution is 0.0512. The fraction of sp³-hybridized carbons (Fsp3) is 0.250. The first-order valence-corrected chi connectivity index (χ1v) is 6.35. The first-order valence-electron chi connectivity index (χ1n) is 5.56. The number of aryl methyl sites for hydroxylation is 1. The summed E-state index contributed by atoms with van der Waals surface area (Å²) in [6.07, 6.45) is 0. The van der Waals surface area contributed by atoms with Crippen molar-refractivity contribution >= 4 is 21.9 Å². The minimum absolute atomic E-state index is 0.0458. The Labute approximate surface area is 117 Å². The largest absolute Gasteiger partial charge is 0.460 e. The Bertz CT molecular complexity index is 627. The number of carbonyl (C=O) groups excluding carboxylic acids is 1. The maximum atomic E-state index is 13.3. The van der Waals surface area contributed by atoms with Crippen molar-refractivity contribution < 1.29 is 13.9 Å². The SMILES string of the molecule is CCOC(=O)c1nc(-c2cc(F)ccc2Br)n(C)n1. The van der Waals surface area contributed by atoms with Crippen molar-refractivity contribution in [2.75, 3.05) is 6.61 Å². The van der Waals surface area contributed by atoms with Crippen LogP contribution in [0.15, 0.2) is 22.7 Å². The van der Waals surface area contributed by atoms with Crippen LogP contribution >= 0.6 is 15.9 Å². The molecular formula is C12H11BrFN3O2. The molecule has 1 heterocycles. The van der Waals surface area contributed by atoms with E-state index in [0.29, 0.717) is 15.9 Å². The van der Waals surface area contributed by atoms with Gasteiger partial charge >= 0.3 is 5.97 Å². The molecule has 0 bridgehead atoms. The third-order valence-corrected chi connectivity index (χ3v) is 3.08. The fourth-order valence-corrected chi connectivity index (χ4v) is 1.99. The topological polar surface area (TPSA) is 57.0 Å². The average molecular weight is 328 g/mol. The van der Waals surface area contributed by atoms with E-state index >= 15 is 0 Å². The summed E-state index contributed by atoms with van der Waals surface area (Å²) < 4.78 is 20.2. The van der Waals surface area contributed by atoms with Crippen molar-refractivity contribution in [3.63, 3.8) is 0 Å². The molecule has 0 aliphatic carbocycles. The smallest absolute Gasteiger partial charge is 0.378 e. The molecule has 1 aromatic heterocycles. The molecule has 0 radical (unpaired) electrons. The molecule has 5 nitrogen and oxygen atoms in total. The van der Waals surface area contributed by atoms with Crippen LogP contribution in [0.4, 0.5) is 4.39 Å². The Morgan fingerprint density at radius 2 is 2.26 bits per heavy atom. The van der Waals surface area contributed by atoms with E-state index in [1.54, 1.807) is 20.0 Å². The number of hydrogen-bond donors (Lipinski definition) is 0. The van der Waals surface area contributed by atoms with Gasteiger partial charge in [-0.3, -0.25) is 0 Å². The van der Waals surface area contributed by atoms with E-state index in [1.807, 2.05) is 0 Å². The highest BCUT2D eigenvalue weighted by Gasteiger charge is 2.18. The van der Waals surface area contributed by atoms with Gasteiger partial charge in [-0.05, 0) is 25.1 Å². The fourth-order valence-electron chi connectivity index (χ4n) is 1.57. The summed E-state index contributed by atoms with van der Waals surface area (Å²) in [4.78, 5) is 15.6. The van der Waals surface area contributed by atoms with E-state index in [2.05, 4.69) is 26.0 Å². The highest BCUT2D eigenvalue weighted by atomic mass is 79.9. The minimum Gasteiger partial charge on any atom is -0.460 e. The van der Waals surface area contributed by atoms with Gasteiger partial charge in [0.05, 0.1) is 6.61 Å². The molecule has 0 aliphatic heterocycles. The first kappa shape index (κ1) is 13.7. The molecule has 0 atom stereocenters. The highest BCUT2D eigenvalue weighted by molar-refractivity contribution is 9.10. The van der Waals surface area contributed by atoms with Gasteiger partial charge in [0.1, 0.15) is 5.82 Å². The Balaban J connectivity index is 2.46. The molecule has 2 rings (SSSR count). The minimum atomic E-state index is -0.600. The van der Waals surface area contributed by atoms with E-state index < -0.39 is 5.97 Å². The Hall–Kier alpha value is -1.76. The molecule has 0 aliphatic rings. The van der Waals surface area contributed by atoms with Crippen LogP contribution in [0, 0.1) is 5.82 Å². The van der Waals surface area contributed by atoms with E-state index in [1.165, 1.54) is 16.8 Å². The van der Waals surface area contributed by atoms with Gasteiger partial charge in [-0.15, -0.1) is 5.10 Å². The Kier molecular flexibility index (Phi) is 3.94. The summed E-state index contributed by atoms with van der Waals surface area (Å²) in [6.45, 7) is 1.95. The molecule has 2 aromatic rings. The summed E-state index contributed by atoms with van der Waals surface area (Å²) in [5, 5.41) is 3.96. The van der Waals surface area contributed by atoms with Gasteiger partial charge in [0.2, 0.25) is 0 Å². The van der Waals surface area contributed by atoms with Gasteiger partial charge in [-0.2, -0.15) is 0 Å². The molecule has 0 amide bonds. The summed E-state index contributed by atoms with van der Waals surface area (Å²) in [6, 6.07) is 4.22. The second-order valence-corrected chi connectivity index (χ2v) is 4.58. The lowest BCUT2D eigenvalue weighted by atomic mass is 10.2. The normalized spacial score (nSPS) is 10.5. The van der Waals surface area contributed by atoms with E-state index in [-0.39, 0.29) is 18.2 Å². The van der Waals surface area contributed by atoms with Crippen molar-refractivity contribution in [2.45, 2.75) is 6.92 Å². The maximum absolute atomic E-state index is 13.3. The number of nitrogens with zero attached hydrogens (tertiary/aromatic N) is 3. The Morgan fingerprint density at radius 1 is 1.53 bits per heavy atom. The summed E-state index contributed by atoms with van der Waals surface area (Å²) in [5.41, 5.74) is 0.519. The molecule has 100 valence electrons. The van der Waals surface area contributed by atoms with Crippen molar-refractivity contribution in [3.8, 4) is 11.4 Å². The van der Waals surface area contributed by atoms with E-state index in [9.17, 15) is 9.18 Å². The number of hydrogen-bond acceptors (Lipinski definition) is 4. The van der Waals surface area contributed by atoms with Gasteiger partial charge in [0.25, 0.3) is 5.82 Å². The molecule has 0 unspecified atom stereocenters. The predicted molar refractivity (Wildman–Crippen MR) is 70.1 cm³/mol. The first-order chi connectivity index (χ1) is 9.02. The zero-order chi connectivity index (χ0) is 14.0. The van der Waals surface area contributed by atoms with Crippen LogP contribution in [0.25, 0.3) is 11.4 Å². The second kappa shape index (κ2) is 5.48. The van der Waals surface area contributed by atoms with Gasteiger partial charge < -0.3 is 4.74 Å². The van der Waals surface area contributed by atoms with Crippen LogP contribution < -0.4 is 0 Å². The zero-order valence-electron chi connectivity index (χ0n) is 10.4. The van der Waals surface area contributed by atoms with Gasteiger partial charge in [0, 0.05) is 17.1 Å². The molecule has 0 fully saturated rings. The molecule has 7 heteroatoms. The summed E-state index contributed by atoms with van der Waals surface area (Å²) in [5.74, 6) is -0.652. The van der Waals surface area contributed by atoms with Crippen LogP contribution in [-0.4, -0.2) is 27.3 Å². The molecule has 0 saturated heterocycles. The zero-order valence-corrected chi connectivity index (χ0v) is 11.9. The Morgan fingerprint density at radius 3 is 2.95 bits per heavy atom. The van der Waals surface area contributed by atoms with Crippen LogP contribution in [-0.2, 0) is 11.8 Å². The lowest BCUT2D eigenvalue weighted by Gasteiger charge is -2.02. The highest BCUT2D eigenvalue weighted by Crippen LogP contribution is 2.27. The third kappa shape index (κ3) is 2.81. The molecule has 1 aromatic carbocycles. The number of carbonyl (C=O) groups is 1. The van der Waals surface area contributed by atoms with Gasteiger partial charge in [0.15, 0.2) is 5.82 Å². The van der Waals surface area contributed by atoms with Gasteiger partial charge in [-0.1, -0.05) is 15.9 Å². The maximum Gasteiger partial charge on any atom is 0.378 e. The molecule has 19 heavy (non-hydrogen) atoms. The number of esters is 1. The van der Waals surface area contributed by atoms with Crippen LogP contribution in [0.2, 0.25) is 0 Å². The third-order valence-electron chi connectivity index (χ3n) is 2.39. The lowest BCUT2D eigenvalue weighted by Crippen LogP contribution is -2.07. The van der Waals surface area contributed by atoms with E-state index in [4.69, 9.17) is 4.74 Å². The molecule has 0 spiro atoms. The van der Waals surface area contributed by atoms with E-state index in [0.717, 1.165) is 0 Å². The summed E-state index contributed by atoms with van der Waals surface area (Å²) in [7, 11) is 1.63. The predicted octanol–water partition coefficient (Wildman–Crippen LogP) is 2.56. The van der Waals surface area contributed by atoms with Crippen molar-refractivity contribution in [1.29, 1.82) is 0 Å². The molecule has 0 N–H and O–H groups in total. The second-order valence-electron chi connectivity index (χ2n) is 3.73. The van der Waals surface area contributed by atoms with Gasteiger partial charge in [-0.25, -0.2) is 18.9 Å². The quantitative estimate of drug-likeness (QED) is 0.813. The number of aromatic nitrogens is 3. The van der Waals surface area contributed by atoms with Crippen molar-refractivity contribution in [1.82, 2.24) is 14.8 Å². The van der Waals surface area contributed by atoms with Crippen molar-refractivity contribution in [3.05, 3.63) is 34.3 Å². The van der Waals surface area contributed by atoms with Crippen LogP contribution in [0.1, 0.15) is 17.5 Å².